The highest BCUT2D eigenvalue weighted by Crippen LogP contribution is 2.11. The summed E-state index contributed by atoms with van der Waals surface area (Å²) in [5, 5.41) is 8.99. The van der Waals surface area contributed by atoms with Gasteiger partial charge in [0.2, 0.25) is 0 Å². The van der Waals surface area contributed by atoms with Gasteiger partial charge in [0.05, 0.1) is 13.2 Å². The third kappa shape index (κ3) is 4.37. The first-order chi connectivity index (χ1) is 7.80. The van der Waals surface area contributed by atoms with Crippen molar-refractivity contribution in [1.82, 2.24) is 4.90 Å². The fraction of sp³-hybridized carbons (Fsp3) is 0.692. The number of hydrogen-bond acceptors (Lipinski definition) is 3. The molecule has 0 saturated heterocycles. The normalized spacial score (nSPS) is 11.2. The number of rotatable bonds is 8. The molecule has 0 bridgehead atoms. The van der Waals surface area contributed by atoms with Crippen LogP contribution >= 0.6 is 0 Å². The van der Waals surface area contributed by atoms with Crippen LogP contribution in [0.3, 0.4) is 0 Å². The number of aliphatic hydroxyl groups is 1. The van der Waals surface area contributed by atoms with E-state index in [1.54, 1.807) is 0 Å². The van der Waals surface area contributed by atoms with E-state index < -0.39 is 0 Å². The number of nitrogens with zero attached hydrogens (tertiary/aromatic N) is 1. The van der Waals surface area contributed by atoms with E-state index in [1.807, 2.05) is 12.1 Å². The molecule has 0 radical (unpaired) electrons. The van der Waals surface area contributed by atoms with Crippen molar-refractivity contribution in [1.29, 1.82) is 0 Å². The van der Waals surface area contributed by atoms with Crippen molar-refractivity contribution in [3.63, 3.8) is 0 Å². The molecule has 0 saturated carbocycles. The minimum absolute atomic E-state index is 0.213. The van der Waals surface area contributed by atoms with Crippen LogP contribution in [0, 0.1) is 0 Å². The molecule has 0 amide bonds. The molecule has 1 heterocycles. The molecule has 1 N–H and O–H groups in total. The van der Waals surface area contributed by atoms with Crippen LogP contribution in [0.1, 0.15) is 38.2 Å². The predicted molar refractivity (Wildman–Crippen MR) is 65.4 cm³/mol. The molecule has 0 aliphatic heterocycles. The number of furan rings is 1. The summed E-state index contributed by atoms with van der Waals surface area (Å²) in [6.45, 7) is 7.04. The first kappa shape index (κ1) is 13.3. The molecule has 1 rings (SSSR count). The van der Waals surface area contributed by atoms with Crippen LogP contribution in [0.25, 0.3) is 0 Å². The maximum atomic E-state index is 8.99. The largest absolute Gasteiger partial charge is 0.465 e. The number of aryl methyl sites for hydroxylation is 1. The second kappa shape index (κ2) is 7.47. The molecule has 0 aliphatic rings. The van der Waals surface area contributed by atoms with E-state index in [2.05, 4.69) is 18.7 Å². The van der Waals surface area contributed by atoms with Crippen molar-refractivity contribution >= 4 is 0 Å². The summed E-state index contributed by atoms with van der Waals surface area (Å²) in [4.78, 5) is 2.24. The highest BCUT2D eigenvalue weighted by molar-refractivity contribution is 5.06. The van der Waals surface area contributed by atoms with Gasteiger partial charge in [0.25, 0.3) is 0 Å². The van der Waals surface area contributed by atoms with Crippen molar-refractivity contribution < 1.29 is 9.52 Å². The lowest BCUT2D eigenvalue weighted by Gasteiger charge is -2.19. The molecule has 1 aromatic heterocycles. The van der Waals surface area contributed by atoms with Crippen LogP contribution in [0.2, 0.25) is 0 Å². The minimum atomic E-state index is 0.213. The van der Waals surface area contributed by atoms with Gasteiger partial charge in [-0.15, -0.1) is 0 Å². The summed E-state index contributed by atoms with van der Waals surface area (Å²) in [5.41, 5.74) is 0. The summed E-state index contributed by atoms with van der Waals surface area (Å²) >= 11 is 0. The van der Waals surface area contributed by atoms with Crippen LogP contribution in [-0.2, 0) is 13.0 Å². The van der Waals surface area contributed by atoms with Crippen molar-refractivity contribution in [2.24, 2.45) is 0 Å². The SMILES string of the molecule is CCCCN(CCO)Cc1ccc(CC)o1. The molecule has 0 aromatic carbocycles. The Balaban J connectivity index is 2.46. The molecular weight excluding hydrogens is 202 g/mol. The van der Waals surface area contributed by atoms with Crippen LogP contribution in [-0.4, -0.2) is 29.7 Å². The molecular formula is C13H23NO2. The fourth-order valence-corrected chi connectivity index (χ4v) is 1.71. The van der Waals surface area contributed by atoms with Gasteiger partial charge in [0.15, 0.2) is 0 Å². The molecule has 3 nitrogen and oxygen atoms in total. The minimum Gasteiger partial charge on any atom is -0.465 e. The standard InChI is InChI=1S/C13H23NO2/c1-3-5-8-14(9-10-15)11-13-7-6-12(4-2)16-13/h6-7,15H,3-5,8-11H2,1-2H3. The Bertz CT molecular complexity index is 283. The zero-order valence-corrected chi connectivity index (χ0v) is 10.4. The van der Waals surface area contributed by atoms with Gasteiger partial charge in [-0.1, -0.05) is 20.3 Å². The van der Waals surface area contributed by atoms with Gasteiger partial charge >= 0.3 is 0 Å². The van der Waals surface area contributed by atoms with Gasteiger partial charge in [0.1, 0.15) is 11.5 Å². The van der Waals surface area contributed by atoms with Crippen molar-refractivity contribution in [2.45, 2.75) is 39.7 Å². The Kier molecular flexibility index (Phi) is 6.19. The lowest BCUT2D eigenvalue weighted by molar-refractivity contribution is 0.178. The Morgan fingerprint density at radius 3 is 2.50 bits per heavy atom. The van der Waals surface area contributed by atoms with E-state index in [4.69, 9.17) is 9.52 Å². The van der Waals surface area contributed by atoms with Crippen LogP contribution in [0.4, 0.5) is 0 Å². The summed E-state index contributed by atoms with van der Waals surface area (Å²) in [6.07, 6.45) is 3.29. The second-order valence-electron chi connectivity index (χ2n) is 4.07. The molecule has 0 atom stereocenters. The number of hydrogen-bond donors (Lipinski definition) is 1. The summed E-state index contributed by atoms with van der Waals surface area (Å²) in [6, 6.07) is 4.07. The summed E-state index contributed by atoms with van der Waals surface area (Å²) in [7, 11) is 0. The van der Waals surface area contributed by atoms with Crippen LogP contribution in [0.5, 0.6) is 0 Å². The van der Waals surface area contributed by atoms with Crippen molar-refractivity contribution in [3.8, 4) is 0 Å². The van der Waals surface area contributed by atoms with E-state index in [0.29, 0.717) is 0 Å². The molecule has 16 heavy (non-hydrogen) atoms. The monoisotopic (exact) mass is 225 g/mol. The van der Waals surface area contributed by atoms with Crippen LogP contribution < -0.4 is 0 Å². The van der Waals surface area contributed by atoms with Gasteiger partial charge < -0.3 is 9.52 Å². The van der Waals surface area contributed by atoms with Crippen molar-refractivity contribution in [3.05, 3.63) is 23.7 Å². The summed E-state index contributed by atoms with van der Waals surface area (Å²) in [5.74, 6) is 2.04. The molecule has 0 spiro atoms. The van der Waals surface area contributed by atoms with Crippen LogP contribution in [0.15, 0.2) is 16.5 Å². The fourth-order valence-electron chi connectivity index (χ4n) is 1.71. The Morgan fingerprint density at radius 2 is 1.94 bits per heavy atom. The van der Waals surface area contributed by atoms with E-state index in [-0.39, 0.29) is 6.61 Å². The third-order valence-corrected chi connectivity index (χ3v) is 2.69. The maximum Gasteiger partial charge on any atom is 0.118 e. The van der Waals surface area contributed by atoms with E-state index in [9.17, 15) is 0 Å². The highest BCUT2D eigenvalue weighted by Gasteiger charge is 2.07. The number of unbranched alkanes of at least 4 members (excludes halogenated alkanes) is 1. The second-order valence-corrected chi connectivity index (χ2v) is 4.07. The first-order valence-corrected chi connectivity index (χ1v) is 6.21. The predicted octanol–water partition coefficient (Wildman–Crippen LogP) is 2.44. The molecule has 1 aromatic rings. The Hall–Kier alpha value is -0.800. The average molecular weight is 225 g/mol. The lowest BCUT2D eigenvalue weighted by Crippen LogP contribution is -2.27. The lowest BCUT2D eigenvalue weighted by atomic mass is 10.3. The number of aliphatic hydroxyl groups excluding tert-OH is 1. The van der Waals surface area contributed by atoms with Gasteiger partial charge in [-0.3, -0.25) is 4.90 Å². The van der Waals surface area contributed by atoms with E-state index >= 15 is 0 Å². The Labute approximate surface area is 98.1 Å². The smallest absolute Gasteiger partial charge is 0.118 e. The maximum absolute atomic E-state index is 8.99. The van der Waals surface area contributed by atoms with E-state index in [0.717, 1.165) is 37.6 Å². The first-order valence-electron chi connectivity index (χ1n) is 6.21. The Morgan fingerprint density at radius 1 is 1.19 bits per heavy atom. The molecule has 0 aliphatic carbocycles. The third-order valence-electron chi connectivity index (χ3n) is 2.69. The highest BCUT2D eigenvalue weighted by atomic mass is 16.3. The zero-order chi connectivity index (χ0) is 11.8. The zero-order valence-electron chi connectivity index (χ0n) is 10.4. The van der Waals surface area contributed by atoms with Gasteiger partial charge in [-0.2, -0.15) is 0 Å². The molecule has 0 unspecified atom stereocenters. The quantitative estimate of drug-likeness (QED) is 0.738. The molecule has 3 heteroatoms. The average Bonchev–Trinajstić information content (AvgIpc) is 2.74. The van der Waals surface area contributed by atoms with E-state index in [1.165, 1.54) is 12.8 Å². The summed E-state index contributed by atoms with van der Waals surface area (Å²) < 4.78 is 5.67. The van der Waals surface area contributed by atoms with Crippen molar-refractivity contribution in [2.75, 3.05) is 19.7 Å². The molecule has 0 fully saturated rings. The van der Waals surface area contributed by atoms with Gasteiger partial charge in [-0.25, -0.2) is 0 Å². The molecule has 92 valence electrons. The topological polar surface area (TPSA) is 36.6 Å². The van der Waals surface area contributed by atoms with Gasteiger partial charge in [-0.05, 0) is 25.1 Å². The van der Waals surface area contributed by atoms with Gasteiger partial charge in [0, 0.05) is 13.0 Å².